The van der Waals surface area contributed by atoms with Crippen molar-refractivity contribution >= 4 is 11.8 Å². The average Bonchev–Trinajstić information content (AvgIpc) is 2.70. The number of nitrogens with one attached hydrogen (secondary N) is 1. The number of benzene rings is 2. The van der Waals surface area contributed by atoms with Crippen LogP contribution >= 0.6 is 0 Å². The quantitative estimate of drug-likeness (QED) is 0.836. The van der Waals surface area contributed by atoms with Crippen molar-refractivity contribution in [2.45, 2.75) is 39.2 Å². The second kappa shape index (κ2) is 9.40. The Morgan fingerprint density at radius 3 is 2.39 bits per heavy atom. The summed E-state index contributed by atoms with van der Waals surface area (Å²) < 4.78 is 5.44. The van der Waals surface area contributed by atoms with Crippen molar-refractivity contribution in [3.8, 4) is 5.75 Å². The van der Waals surface area contributed by atoms with Crippen molar-refractivity contribution in [3.05, 3.63) is 65.2 Å². The molecule has 3 rings (SSSR count). The van der Waals surface area contributed by atoms with Gasteiger partial charge in [0.2, 0.25) is 5.91 Å². The third-order valence-corrected chi connectivity index (χ3v) is 5.16. The molecule has 0 aromatic heterocycles. The predicted octanol–water partition coefficient (Wildman–Crippen LogP) is 3.36. The molecule has 1 heterocycles. The van der Waals surface area contributed by atoms with Gasteiger partial charge in [0, 0.05) is 24.7 Å². The number of likely N-dealkylation sites (tertiary alicyclic amines) is 1. The molecule has 0 spiro atoms. The maximum absolute atomic E-state index is 12.6. The Balaban J connectivity index is 1.47. The first-order chi connectivity index (χ1) is 13.6. The van der Waals surface area contributed by atoms with E-state index in [1.165, 1.54) is 0 Å². The minimum atomic E-state index is -0.0303. The molecule has 0 radical (unpaired) electrons. The minimum absolute atomic E-state index is 0.0303. The van der Waals surface area contributed by atoms with Gasteiger partial charge in [-0.05, 0) is 56.0 Å². The molecule has 5 heteroatoms. The number of piperidine rings is 1. The molecule has 2 aromatic carbocycles. The van der Waals surface area contributed by atoms with Crippen molar-refractivity contribution in [2.75, 3.05) is 19.7 Å². The highest BCUT2D eigenvalue weighted by Crippen LogP contribution is 2.16. The zero-order valence-corrected chi connectivity index (χ0v) is 16.6. The maximum atomic E-state index is 12.6. The predicted molar refractivity (Wildman–Crippen MR) is 110 cm³/mol. The van der Waals surface area contributed by atoms with E-state index in [0.717, 1.165) is 35.3 Å². The van der Waals surface area contributed by atoms with Gasteiger partial charge < -0.3 is 15.0 Å². The Labute approximate surface area is 166 Å². The molecule has 2 aromatic rings. The molecule has 1 N–H and O–H groups in total. The first-order valence-corrected chi connectivity index (χ1v) is 9.93. The van der Waals surface area contributed by atoms with E-state index >= 15 is 0 Å². The van der Waals surface area contributed by atoms with Gasteiger partial charge in [-0.1, -0.05) is 30.3 Å². The number of hydrogen-bond donors (Lipinski definition) is 1. The molecule has 0 bridgehead atoms. The second-order valence-electron chi connectivity index (χ2n) is 7.20. The molecular formula is C23H28N2O3. The van der Waals surface area contributed by atoms with Crippen molar-refractivity contribution in [2.24, 2.45) is 0 Å². The molecule has 2 amide bonds. The van der Waals surface area contributed by atoms with Crippen molar-refractivity contribution < 1.29 is 14.3 Å². The Kier molecular flexibility index (Phi) is 6.69. The van der Waals surface area contributed by atoms with E-state index in [-0.39, 0.29) is 17.9 Å². The van der Waals surface area contributed by atoms with Crippen LogP contribution in [0.5, 0.6) is 5.75 Å². The minimum Gasteiger partial charge on any atom is -0.494 e. The van der Waals surface area contributed by atoms with Crippen LogP contribution in [0.1, 0.15) is 41.3 Å². The summed E-state index contributed by atoms with van der Waals surface area (Å²) in [5.74, 6) is 0.925. The molecule has 5 nitrogen and oxygen atoms in total. The number of carbonyl (C=O) groups excluding carboxylic acids is 2. The number of amides is 2. The Morgan fingerprint density at radius 1 is 1.07 bits per heavy atom. The van der Waals surface area contributed by atoms with E-state index in [1.54, 1.807) is 0 Å². The van der Waals surface area contributed by atoms with Crippen LogP contribution in [0.4, 0.5) is 0 Å². The first-order valence-electron chi connectivity index (χ1n) is 9.93. The lowest BCUT2D eigenvalue weighted by Crippen LogP contribution is -2.47. The summed E-state index contributed by atoms with van der Waals surface area (Å²) in [4.78, 5) is 26.9. The molecule has 1 aliphatic rings. The lowest BCUT2D eigenvalue weighted by molar-refractivity contribution is -0.131. The maximum Gasteiger partial charge on any atom is 0.251 e. The zero-order chi connectivity index (χ0) is 19.9. The third-order valence-electron chi connectivity index (χ3n) is 5.16. The van der Waals surface area contributed by atoms with Crippen LogP contribution in [0.2, 0.25) is 0 Å². The molecule has 1 aliphatic heterocycles. The van der Waals surface area contributed by atoms with Crippen LogP contribution in [0.15, 0.2) is 48.5 Å². The van der Waals surface area contributed by atoms with E-state index in [2.05, 4.69) is 5.32 Å². The van der Waals surface area contributed by atoms with Gasteiger partial charge in [-0.15, -0.1) is 0 Å². The number of hydrogen-bond acceptors (Lipinski definition) is 3. The van der Waals surface area contributed by atoms with Gasteiger partial charge in [-0.3, -0.25) is 9.59 Å². The van der Waals surface area contributed by atoms with Crippen LogP contribution in [0, 0.1) is 6.92 Å². The van der Waals surface area contributed by atoms with E-state index < -0.39 is 0 Å². The summed E-state index contributed by atoms with van der Waals surface area (Å²) >= 11 is 0. The Morgan fingerprint density at radius 2 is 1.75 bits per heavy atom. The van der Waals surface area contributed by atoms with Gasteiger partial charge in [0.15, 0.2) is 0 Å². The lowest BCUT2D eigenvalue weighted by Gasteiger charge is -2.32. The first kappa shape index (κ1) is 19.9. The van der Waals surface area contributed by atoms with Crippen molar-refractivity contribution in [1.29, 1.82) is 0 Å². The molecule has 1 fully saturated rings. The molecule has 0 aliphatic carbocycles. The standard InChI is InChI=1S/C23H28N2O3/c1-3-28-20-10-8-18(9-11-20)16-22(26)25-14-12-19(13-15-25)24-23(27)21-7-5-4-6-17(21)2/h4-11,19H,3,12-16H2,1-2H3,(H,24,27). The topological polar surface area (TPSA) is 58.6 Å². The summed E-state index contributed by atoms with van der Waals surface area (Å²) in [7, 11) is 0. The van der Waals surface area contributed by atoms with E-state index in [4.69, 9.17) is 4.74 Å². The van der Waals surface area contributed by atoms with Gasteiger partial charge in [-0.2, -0.15) is 0 Å². The molecular weight excluding hydrogens is 352 g/mol. The van der Waals surface area contributed by atoms with Crippen LogP contribution < -0.4 is 10.1 Å². The Hall–Kier alpha value is -2.82. The average molecular weight is 380 g/mol. The van der Waals surface area contributed by atoms with Gasteiger partial charge in [0.05, 0.1) is 13.0 Å². The van der Waals surface area contributed by atoms with E-state index in [1.807, 2.05) is 67.3 Å². The SMILES string of the molecule is CCOc1ccc(CC(=O)N2CCC(NC(=O)c3ccccc3C)CC2)cc1. The summed E-state index contributed by atoms with van der Waals surface area (Å²) in [6.07, 6.45) is 1.96. The third kappa shape index (κ3) is 5.12. The number of ether oxygens (including phenoxy) is 1. The smallest absolute Gasteiger partial charge is 0.251 e. The highest BCUT2D eigenvalue weighted by molar-refractivity contribution is 5.95. The number of carbonyl (C=O) groups is 2. The van der Waals surface area contributed by atoms with Gasteiger partial charge in [0.25, 0.3) is 5.91 Å². The van der Waals surface area contributed by atoms with Crippen molar-refractivity contribution in [3.63, 3.8) is 0 Å². The van der Waals surface area contributed by atoms with Crippen LogP contribution in [0.25, 0.3) is 0 Å². The number of nitrogens with zero attached hydrogens (tertiary/aromatic N) is 1. The second-order valence-corrected chi connectivity index (χ2v) is 7.20. The van der Waals surface area contributed by atoms with Crippen molar-refractivity contribution in [1.82, 2.24) is 10.2 Å². The summed E-state index contributed by atoms with van der Waals surface area (Å²) in [5.41, 5.74) is 2.68. The van der Waals surface area contributed by atoms with Crippen LogP contribution in [-0.2, 0) is 11.2 Å². The lowest BCUT2D eigenvalue weighted by atomic mass is 10.0. The van der Waals surface area contributed by atoms with Gasteiger partial charge >= 0.3 is 0 Å². The highest BCUT2D eigenvalue weighted by atomic mass is 16.5. The van der Waals surface area contributed by atoms with Gasteiger partial charge in [-0.25, -0.2) is 0 Å². The van der Waals surface area contributed by atoms with Crippen LogP contribution in [-0.4, -0.2) is 42.5 Å². The summed E-state index contributed by atoms with van der Waals surface area (Å²) in [5, 5.41) is 3.11. The zero-order valence-electron chi connectivity index (χ0n) is 16.6. The normalized spacial score (nSPS) is 14.6. The number of aryl methyl sites for hydroxylation is 1. The summed E-state index contributed by atoms with van der Waals surface area (Å²) in [6.45, 7) is 5.87. The number of rotatable bonds is 6. The fourth-order valence-corrected chi connectivity index (χ4v) is 3.52. The molecule has 148 valence electrons. The van der Waals surface area contributed by atoms with Crippen LogP contribution in [0.3, 0.4) is 0 Å². The largest absolute Gasteiger partial charge is 0.494 e. The molecule has 0 saturated carbocycles. The monoisotopic (exact) mass is 380 g/mol. The fourth-order valence-electron chi connectivity index (χ4n) is 3.52. The molecule has 28 heavy (non-hydrogen) atoms. The highest BCUT2D eigenvalue weighted by Gasteiger charge is 2.24. The molecule has 1 saturated heterocycles. The molecule has 0 atom stereocenters. The summed E-state index contributed by atoms with van der Waals surface area (Å²) in [6, 6.07) is 15.4. The molecule has 0 unspecified atom stereocenters. The van der Waals surface area contributed by atoms with Gasteiger partial charge in [0.1, 0.15) is 5.75 Å². The van der Waals surface area contributed by atoms with E-state index in [0.29, 0.717) is 26.1 Å². The van der Waals surface area contributed by atoms with E-state index in [9.17, 15) is 9.59 Å². The fraction of sp³-hybridized carbons (Fsp3) is 0.391. The Bertz CT molecular complexity index is 809.